The average molecular weight is 495 g/mol. The van der Waals surface area contributed by atoms with Crippen molar-refractivity contribution in [3.05, 3.63) is 91.3 Å². The standard InChI is InChI=1S/C25H23ClN4O3S/c1-4-5-18-13-20(31)30-21(23(32)27-17-9-6-14(2)7-10-17)22(34-25(30)28-18)24(33)29-19-11-8-16(26)12-15(19)3/h6-13H,4-5H2,1-3H3,(H,27,32)(H,29,33). The number of carbonyl (C=O) groups excluding carboxylic acids is 2. The Morgan fingerprint density at radius 1 is 1.03 bits per heavy atom. The number of halogens is 1. The van der Waals surface area contributed by atoms with Crippen molar-refractivity contribution in [2.75, 3.05) is 10.6 Å². The van der Waals surface area contributed by atoms with E-state index in [1.54, 1.807) is 30.3 Å². The number of carbonyl (C=O) groups is 2. The minimum atomic E-state index is -0.569. The summed E-state index contributed by atoms with van der Waals surface area (Å²) in [7, 11) is 0. The predicted octanol–water partition coefficient (Wildman–Crippen LogP) is 5.48. The third-order valence-electron chi connectivity index (χ3n) is 5.25. The minimum absolute atomic E-state index is 0.0507. The second-order valence-electron chi connectivity index (χ2n) is 7.97. The average Bonchev–Trinajstić information content (AvgIpc) is 3.18. The molecule has 0 spiro atoms. The number of nitrogens with zero attached hydrogens (tertiary/aromatic N) is 2. The number of thiazole rings is 1. The van der Waals surface area contributed by atoms with Gasteiger partial charge in [-0.1, -0.05) is 54.0 Å². The van der Waals surface area contributed by atoms with Crippen molar-refractivity contribution >= 4 is 51.1 Å². The highest BCUT2D eigenvalue weighted by Crippen LogP contribution is 2.26. The van der Waals surface area contributed by atoms with Crippen LogP contribution >= 0.6 is 22.9 Å². The Morgan fingerprint density at radius 2 is 1.76 bits per heavy atom. The fraction of sp³-hybridized carbons (Fsp3) is 0.200. The molecule has 0 saturated heterocycles. The highest BCUT2D eigenvalue weighted by atomic mass is 35.5. The molecular weight excluding hydrogens is 472 g/mol. The molecule has 0 aliphatic carbocycles. The summed E-state index contributed by atoms with van der Waals surface area (Å²) in [5.41, 5.74) is 3.10. The smallest absolute Gasteiger partial charge is 0.274 e. The molecule has 2 N–H and O–H groups in total. The Labute approximate surface area is 205 Å². The number of rotatable bonds is 6. The first-order chi connectivity index (χ1) is 16.3. The lowest BCUT2D eigenvalue weighted by Gasteiger charge is -2.10. The summed E-state index contributed by atoms with van der Waals surface area (Å²) < 4.78 is 1.21. The topological polar surface area (TPSA) is 92.6 Å². The van der Waals surface area contributed by atoms with Crippen molar-refractivity contribution in [3.8, 4) is 0 Å². The number of benzene rings is 2. The van der Waals surface area contributed by atoms with Gasteiger partial charge in [0.15, 0.2) is 4.96 Å². The third-order valence-corrected chi connectivity index (χ3v) is 6.52. The molecule has 2 aromatic heterocycles. The van der Waals surface area contributed by atoms with Crippen LogP contribution in [-0.4, -0.2) is 21.2 Å². The summed E-state index contributed by atoms with van der Waals surface area (Å²) in [6.07, 6.45) is 1.44. The van der Waals surface area contributed by atoms with E-state index in [1.807, 2.05) is 32.9 Å². The normalized spacial score (nSPS) is 10.9. The van der Waals surface area contributed by atoms with Crippen molar-refractivity contribution in [1.82, 2.24) is 9.38 Å². The van der Waals surface area contributed by atoms with Gasteiger partial charge in [0.1, 0.15) is 10.6 Å². The lowest BCUT2D eigenvalue weighted by Crippen LogP contribution is -2.25. The van der Waals surface area contributed by atoms with Gasteiger partial charge in [0.05, 0.1) is 0 Å². The molecule has 174 valence electrons. The predicted molar refractivity (Wildman–Crippen MR) is 137 cm³/mol. The molecule has 2 amide bonds. The van der Waals surface area contributed by atoms with Crippen LogP contribution < -0.4 is 16.2 Å². The molecule has 0 unspecified atom stereocenters. The molecule has 7 nitrogen and oxygen atoms in total. The molecule has 0 saturated carbocycles. The van der Waals surface area contributed by atoms with E-state index >= 15 is 0 Å². The Kier molecular flexibility index (Phi) is 6.81. The third kappa shape index (κ3) is 4.88. The summed E-state index contributed by atoms with van der Waals surface area (Å²) in [4.78, 5) is 44.6. The summed E-state index contributed by atoms with van der Waals surface area (Å²) >= 11 is 7.03. The second-order valence-corrected chi connectivity index (χ2v) is 9.38. The van der Waals surface area contributed by atoms with Gasteiger partial charge in [0.25, 0.3) is 17.4 Å². The quantitative estimate of drug-likeness (QED) is 0.371. The summed E-state index contributed by atoms with van der Waals surface area (Å²) in [5.74, 6) is -1.08. The van der Waals surface area contributed by atoms with E-state index < -0.39 is 17.4 Å². The van der Waals surface area contributed by atoms with Crippen molar-refractivity contribution in [1.29, 1.82) is 0 Å². The summed E-state index contributed by atoms with van der Waals surface area (Å²) in [5, 5.41) is 6.17. The van der Waals surface area contributed by atoms with Gasteiger partial charge in [-0.3, -0.25) is 14.4 Å². The van der Waals surface area contributed by atoms with Gasteiger partial charge in [-0.25, -0.2) is 9.38 Å². The zero-order valence-corrected chi connectivity index (χ0v) is 20.5. The number of aromatic nitrogens is 2. The Hall–Kier alpha value is -3.49. The number of fused-ring (bicyclic) bond motifs is 1. The van der Waals surface area contributed by atoms with E-state index in [9.17, 15) is 14.4 Å². The lowest BCUT2D eigenvalue weighted by molar-refractivity contribution is 0.0989. The van der Waals surface area contributed by atoms with Crippen LogP contribution in [0.15, 0.2) is 53.3 Å². The Balaban J connectivity index is 1.81. The first-order valence-electron chi connectivity index (χ1n) is 10.8. The molecular formula is C25H23ClN4O3S. The molecule has 0 aliphatic heterocycles. The van der Waals surface area contributed by atoms with Gasteiger partial charge >= 0.3 is 0 Å². The first kappa shape index (κ1) is 23.7. The van der Waals surface area contributed by atoms with Crippen LogP contribution in [0.3, 0.4) is 0 Å². The van der Waals surface area contributed by atoms with Crippen LogP contribution in [0.4, 0.5) is 11.4 Å². The number of anilines is 2. The van der Waals surface area contributed by atoms with Gasteiger partial charge in [-0.15, -0.1) is 0 Å². The van der Waals surface area contributed by atoms with Gasteiger partial charge in [-0.05, 0) is 56.2 Å². The van der Waals surface area contributed by atoms with Crippen LogP contribution in [0.25, 0.3) is 4.96 Å². The highest BCUT2D eigenvalue weighted by Gasteiger charge is 2.26. The molecule has 2 aromatic carbocycles. The van der Waals surface area contributed by atoms with E-state index in [4.69, 9.17) is 11.6 Å². The van der Waals surface area contributed by atoms with Crippen molar-refractivity contribution < 1.29 is 9.59 Å². The molecule has 2 heterocycles. The SMILES string of the molecule is CCCc1cc(=O)n2c(C(=O)Nc3ccc(C)cc3)c(C(=O)Nc3ccc(Cl)cc3C)sc2n1. The van der Waals surface area contributed by atoms with Crippen molar-refractivity contribution in [2.45, 2.75) is 33.6 Å². The van der Waals surface area contributed by atoms with Gasteiger partial charge < -0.3 is 10.6 Å². The lowest BCUT2D eigenvalue weighted by atomic mass is 10.2. The second kappa shape index (κ2) is 9.79. The molecule has 0 radical (unpaired) electrons. The number of aryl methyl sites for hydroxylation is 3. The minimum Gasteiger partial charge on any atom is -0.321 e. The van der Waals surface area contributed by atoms with Crippen molar-refractivity contribution in [3.63, 3.8) is 0 Å². The van der Waals surface area contributed by atoms with E-state index in [2.05, 4.69) is 15.6 Å². The first-order valence-corrected chi connectivity index (χ1v) is 12.0. The molecule has 4 rings (SSSR count). The Morgan fingerprint density at radius 3 is 2.44 bits per heavy atom. The maximum absolute atomic E-state index is 13.3. The van der Waals surface area contributed by atoms with E-state index in [0.29, 0.717) is 33.5 Å². The Bertz CT molecular complexity index is 1460. The molecule has 0 aliphatic rings. The molecule has 4 aromatic rings. The monoisotopic (exact) mass is 494 g/mol. The molecule has 34 heavy (non-hydrogen) atoms. The summed E-state index contributed by atoms with van der Waals surface area (Å²) in [6.45, 7) is 5.75. The van der Waals surface area contributed by atoms with Crippen molar-refractivity contribution in [2.24, 2.45) is 0 Å². The fourth-order valence-electron chi connectivity index (χ4n) is 3.54. The maximum Gasteiger partial charge on any atom is 0.274 e. The van der Waals surface area contributed by atoms with E-state index in [-0.39, 0.29) is 10.6 Å². The number of hydrogen-bond acceptors (Lipinski definition) is 5. The zero-order valence-electron chi connectivity index (χ0n) is 18.9. The van der Waals surface area contributed by atoms with E-state index in [1.165, 1.54) is 10.5 Å². The molecule has 0 fully saturated rings. The van der Waals surface area contributed by atoms with E-state index in [0.717, 1.165) is 28.9 Å². The number of nitrogens with one attached hydrogen (secondary N) is 2. The highest BCUT2D eigenvalue weighted by molar-refractivity contribution is 7.19. The van der Waals surface area contributed by atoms with Gasteiger partial charge in [-0.2, -0.15) is 0 Å². The van der Waals surface area contributed by atoms with Gasteiger partial charge in [0, 0.05) is 28.2 Å². The van der Waals surface area contributed by atoms with Gasteiger partial charge in [0.2, 0.25) is 0 Å². The van der Waals surface area contributed by atoms with Crippen LogP contribution in [0.2, 0.25) is 5.02 Å². The number of hydrogen-bond donors (Lipinski definition) is 2. The summed E-state index contributed by atoms with van der Waals surface area (Å²) in [6, 6.07) is 13.8. The van der Waals surface area contributed by atoms with Crippen LogP contribution in [0.1, 0.15) is 50.3 Å². The van der Waals surface area contributed by atoms with Crippen LogP contribution in [0, 0.1) is 13.8 Å². The maximum atomic E-state index is 13.3. The number of amides is 2. The fourth-order valence-corrected chi connectivity index (χ4v) is 4.81. The zero-order chi connectivity index (χ0) is 24.4. The van der Waals surface area contributed by atoms with Crippen LogP contribution in [0.5, 0.6) is 0 Å². The molecule has 0 bridgehead atoms. The molecule has 0 atom stereocenters. The van der Waals surface area contributed by atoms with Crippen LogP contribution in [-0.2, 0) is 6.42 Å². The molecule has 9 heteroatoms. The largest absolute Gasteiger partial charge is 0.321 e.